The number of benzene rings is 3. The van der Waals surface area contributed by atoms with Crippen LogP contribution in [0, 0.1) is 4.91 Å². The van der Waals surface area contributed by atoms with Crippen molar-refractivity contribution in [3.05, 3.63) is 95.9 Å². The predicted molar refractivity (Wildman–Crippen MR) is 137 cm³/mol. The maximum atomic E-state index is 12.2. The largest absolute Gasteiger partial charge is 0.465 e. The van der Waals surface area contributed by atoms with Gasteiger partial charge in [0, 0.05) is 17.7 Å². The van der Waals surface area contributed by atoms with Crippen LogP contribution in [0.2, 0.25) is 0 Å². The second-order valence-corrected chi connectivity index (χ2v) is 11.1. The summed E-state index contributed by atoms with van der Waals surface area (Å²) in [4.78, 5) is 24.4. The third-order valence-electron chi connectivity index (χ3n) is 4.84. The van der Waals surface area contributed by atoms with Crippen molar-refractivity contribution in [1.82, 2.24) is 0 Å². The minimum atomic E-state index is -5.73. The fraction of sp³-hybridized carbons (Fsp3) is 0.269. The van der Waals surface area contributed by atoms with Crippen LogP contribution in [0.5, 0.6) is 0 Å². The maximum absolute atomic E-state index is 12.2. The molecule has 11 heteroatoms. The first-order valence-corrected chi connectivity index (χ1v) is 14.1. The van der Waals surface area contributed by atoms with Crippen molar-refractivity contribution in [3.63, 3.8) is 0 Å². The molecule has 1 N–H and O–H groups in total. The summed E-state index contributed by atoms with van der Waals surface area (Å²) in [7, 11) is -5.75. The highest BCUT2D eigenvalue weighted by Gasteiger charge is 2.54. The van der Waals surface area contributed by atoms with Gasteiger partial charge in [-0.05, 0) is 48.1 Å². The summed E-state index contributed by atoms with van der Waals surface area (Å²) in [6.07, 6.45) is 2.20. The van der Waals surface area contributed by atoms with Gasteiger partial charge >= 0.3 is 21.3 Å². The van der Waals surface area contributed by atoms with Gasteiger partial charge in [0.15, 0.2) is 27.8 Å². The number of hydrogen-bond acceptors (Lipinski definition) is 5. The normalized spacial score (nSPS) is 13.2. The summed E-state index contributed by atoms with van der Waals surface area (Å²) >= 11 is 0. The number of esters is 1. The lowest BCUT2D eigenvalue weighted by atomic mass is 10.4. The number of carbonyl (C=O) groups excluding carboxylic acids is 1. The highest BCUT2D eigenvalue weighted by molar-refractivity contribution is 7.97. The zero-order chi connectivity index (χ0) is 27.3. The van der Waals surface area contributed by atoms with Gasteiger partial charge in [0.25, 0.3) is 0 Å². The van der Waals surface area contributed by atoms with Gasteiger partial charge in [-0.3, -0.25) is 4.55 Å². The molecule has 0 bridgehead atoms. The van der Waals surface area contributed by atoms with Gasteiger partial charge in [-0.15, -0.1) is 0 Å². The van der Waals surface area contributed by atoms with Crippen LogP contribution in [0.25, 0.3) is 0 Å². The van der Waals surface area contributed by atoms with Gasteiger partial charge in [0.1, 0.15) is 0 Å². The van der Waals surface area contributed by atoms with Crippen LogP contribution >= 0.6 is 0 Å². The minimum Gasteiger partial charge on any atom is -0.461 e. The molecule has 0 spiro atoms. The molecule has 0 amide bonds. The first kappa shape index (κ1) is 30.1. The van der Waals surface area contributed by atoms with E-state index < -0.39 is 27.9 Å². The topological polar surface area (TPSA) is 101 Å². The second kappa shape index (κ2) is 14.6. The lowest BCUT2D eigenvalue weighted by molar-refractivity contribution is -0.527. The van der Waals surface area contributed by atoms with Crippen LogP contribution in [0.1, 0.15) is 19.8 Å². The zero-order valence-electron chi connectivity index (χ0n) is 20.2. The molecule has 198 valence electrons. The van der Waals surface area contributed by atoms with E-state index >= 15 is 0 Å². The Balaban J connectivity index is 0.000000228. The molecule has 0 atom stereocenters. The van der Waals surface area contributed by atoms with E-state index in [2.05, 4.69) is 95.7 Å². The molecule has 0 unspecified atom stereocenters. The summed E-state index contributed by atoms with van der Waals surface area (Å²) in [5.74, 6) is -2.28. The van der Waals surface area contributed by atoms with Crippen LogP contribution in [-0.4, -0.2) is 48.7 Å². The van der Waals surface area contributed by atoms with Crippen LogP contribution in [-0.2, 0) is 30.5 Å². The second-order valence-electron chi connectivity index (χ2n) is 7.59. The third-order valence-corrected chi connectivity index (χ3v) is 7.88. The lowest BCUT2D eigenvalue weighted by Crippen LogP contribution is -2.38. The van der Waals surface area contributed by atoms with Crippen LogP contribution < -0.4 is 0 Å². The highest BCUT2D eigenvalue weighted by Crippen LogP contribution is 2.30. The highest BCUT2D eigenvalue weighted by atomic mass is 32.2. The Morgan fingerprint density at radius 1 is 0.865 bits per heavy atom. The molecular weight excluding hydrogens is 524 g/mol. The number of ether oxygens (including phenoxy) is 1. The third kappa shape index (κ3) is 9.34. The summed E-state index contributed by atoms with van der Waals surface area (Å²) in [5, 5.41) is -4.89. The van der Waals surface area contributed by atoms with Crippen LogP contribution in [0.15, 0.2) is 106 Å². The average molecular weight is 554 g/mol. The smallest absolute Gasteiger partial charge is 0.461 e. The fourth-order valence-corrected chi connectivity index (χ4v) is 5.46. The molecule has 0 radical (unpaired) electrons. The number of hydrogen-bond donors (Lipinski definition) is 1. The molecule has 0 aromatic heterocycles. The van der Waals surface area contributed by atoms with E-state index in [-0.39, 0.29) is 10.9 Å². The molecule has 3 aromatic rings. The zero-order valence-corrected chi connectivity index (χ0v) is 21.8. The number of carbonyl (C=O) groups is 1. The maximum Gasteiger partial charge on any atom is 0.465 e. The standard InChI is InChI=1S/C18H15S.C4H6F2O5S.C4H8NO/c1-4-10-16(11-5-1)19(17-12-6-2-7-13-17)18-14-8-3-9-15-18;1-2-11-3(7)4(5,6)12(8,9)10;6-5-3-1-2-4-5/h1-15H;2H2,1H3,(H,8,9,10);1-4H2/q+1;;+1. The molecule has 1 aliphatic rings. The molecule has 4 rings (SSSR count). The van der Waals surface area contributed by atoms with E-state index in [9.17, 15) is 26.9 Å². The van der Waals surface area contributed by atoms with Gasteiger partial charge in [0.2, 0.25) is 0 Å². The van der Waals surface area contributed by atoms with Gasteiger partial charge in [0.05, 0.1) is 17.5 Å². The van der Waals surface area contributed by atoms with Gasteiger partial charge < -0.3 is 4.74 Å². The van der Waals surface area contributed by atoms with Crippen LogP contribution in [0.4, 0.5) is 8.78 Å². The molecule has 1 fully saturated rings. The number of halogens is 2. The molecule has 0 aliphatic carbocycles. The van der Waals surface area contributed by atoms with Gasteiger partial charge in [-0.25, -0.2) is 4.79 Å². The number of rotatable bonds is 6. The molecule has 1 aliphatic heterocycles. The summed E-state index contributed by atoms with van der Waals surface area (Å²) in [5.41, 5.74) is 0. The Kier molecular flexibility index (Phi) is 11.8. The predicted octanol–water partition coefficient (Wildman–Crippen LogP) is 5.37. The Bertz CT molecular complexity index is 1130. The first-order chi connectivity index (χ1) is 17.6. The van der Waals surface area contributed by atoms with Crippen molar-refractivity contribution in [3.8, 4) is 0 Å². The Morgan fingerprint density at radius 2 is 1.22 bits per heavy atom. The van der Waals surface area contributed by atoms with E-state index in [4.69, 9.17) is 4.55 Å². The summed E-state index contributed by atoms with van der Waals surface area (Å²) in [6.45, 7) is 2.35. The Hall–Kier alpha value is -3.15. The molecule has 1 saturated heterocycles. The van der Waals surface area contributed by atoms with E-state index in [1.54, 1.807) is 0 Å². The first-order valence-electron chi connectivity index (χ1n) is 11.4. The quantitative estimate of drug-likeness (QED) is 0.191. The summed E-state index contributed by atoms with van der Waals surface area (Å²) in [6, 6.07) is 32.2. The monoisotopic (exact) mass is 553 g/mol. The van der Waals surface area contributed by atoms with E-state index in [1.807, 2.05) is 0 Å². The van der Waals surface area contributed by atoms with Crippen molar-refractivity contribution in [1.29, 1.82) is 0 Å². The van der Waals surface area contributed by atoms with Crippen molar-refractivity contribution < 1.29 is 36.0 Å². The number of nitrogens with zero attached hydrogens (tertiary/aromatic N) is 1. The molecular formula is C26H29F2NO6S2+2. The Labute approximate surface area is 218 Å². The van der Waals surface area contributed by atoms with Crippen molar-refractivity contribution in [2.75, 3.05) is 19.7 Å². The molecule has 3 aromatic carbocycles. The molecule has 37 heavy (non-hydrogen) atoms. The van der Waals surface area contributed by atoms with E-state index in [1.165, 1.54) is 21.6 Å². The number of alkyl halides is 2. The van der Waals surface area contributed by atoms with E-state index in [0.29, 0.717) is 0 Å². The van der Waals surface area contributed by atoms with E-state index in [0.717, 1.165) is 30.7 Å². The molecule has 1 heterocycles. The molecule has 7 nitrogen and oxygen atoms in total. The molecule has 0 saturated carbocycles. The lowest BCUT2D eigenvalue weighted by Gasteiger charge is -2.10. The fourth-order valence-electron chi connectivity index (χ4n) is 3.09. The average Bonchev–Trinajstić information content (AvgIpc) is 3.37. The van der Waals surface area contributed by atoms with Crippen molar-refractivity contribution in [2.24, 2.45) is 0 Å². The minimum absolute atomic E-state index is 0.0146. The van der Waals surface area contributed by atoms with Crippen molar-refractivity contribution in [2.45, 2.75) is 39.7 Å². The summed E-state index contributed by atoms with van der Waals surface area (Å²) < 4.78 is 56.8. The van der Waals surface area contributed by atoms with Gasteiger partial charge in [-0.2, -0.15) is 17.2 Å². The van der Waals surface area contributed by atoms with Crippen molar-refractivity contribution >= 4 is 27.0 Å². The SMILES string of the molecule is CCOC(=O)C(F)(F)S(=O)(=O)O.O=[N+]1CCCC1.c1ccc([S+](c2ccccc2)c2ccccc2)cc1. The Morgan fingerprint density at radius 3 is 1.46 bits per heavy atom. The van der Waals surface area contributed by atoms with Gasteiger partial charge in [-0.1, -0.05) is 54.6 Å². The van der Waals surface area contributed by atoms with Crippen LogP contribution in [0.3, 0.4) is 0 Å². The number of nitroso groups, excluding NO2 is 1.